The monoisotopic (exact) mass is 635 g/mol. The van der Waals surface area contributed by atoms with Crippen molar-refractivity contribution >= 4 is 39.4 Å². The predicted octanol–water partition coefficient (Wildman–Crippen LogP) is 7.92. The third kappa shape index (κ3) is 5.51. The van der Waals surface area contributed by atoms with Crippen molar-refractivity contribution in [2.45, 2.75) is 69.1 Å². The van der Waals surface area contributed by atoms with Crippen LogP contribution in [0.25, 0.3) is 22.1 Å². The number of nitrogens with one attached hydrogen (secondary N) is 4. The molecule has 0 unspecified atom stereocenters. The number of ether oxygens (including phenoxy) is 1. The molecule has 0 radical (unpaired) electrons. The number of fused-ring (bicyclic) bond motifs is 2. The normalized spacial score (nSPS) is 24.0. The number of nitrogens with zero attached hydrogens (tertiary/aromatic N) is 3. The van der Waals surface area contributed by atoms with Gasteiger partial charge >= 0.3 is 6.36 Å². The maximum Gasteiger partial charge on any atom is 0.573 e. The van der Waals surface area contributed by atoms with E-state index in [9.17, 15) is 13.2 Å². The van der Waals surface area contributed by atoms with Crippen LogP contribution in [0, 0.1) is 0 Å². The van der Waals surface area contributed by atoms with Gasteiger partial charge in [-0.15, -0.1) is 13.2 Å². The maximum absolute atomic E-state index is 13.0. The van der Waals surface area contributed by atoms with Crippen molar-refractivity contribution in [2.75, 3.05) is 18.0 Å². The molecule has 8 nitrogen and oxygen atoms in total. The summed E-state index contributed by atoms with van der Waals surface area (Å²) in [7, 11) is 0. The van der Waals surface area contributed by atoms with Crippen LogP contribution < -0.4 is 20.3 Å². The van der Waals surface area contributed by atoms with Crippen molar-refractivity contribution in [2.24, 2.45) is 0 Å². The van der Waals surface area contributed by atoms with E-state index in [1.807, 2.05) is 12.1 Å². The highest BCUT2D eigenvalue weighted by atomic mass is 35.5. The number of halogens is 4. The lowest BCUT2D eigenvalue weighted by molar-refractivity contribution is -0.274. The van der Waals surface area contributed by atoms with Crippen LogP contribution in [-0.2, 0) is 0 Å². The zero-order chi connectivity index (χ0) is 30.7. The smallest absolute Gasteiger partial charge is 0.404 e. The van der Waals surface area contributed by atoms with Crippen LogP contribution in [0.5, 0.6) is 5.75 Å². The third-order valence-electron chi connectivity index (χ3n) is 9.42. The van der Waals surface area contributed by atoms with E-state index in [4.69, 9.17) is 21.6 Å². The minimum atomic E-state index is -4.83. The first kappa shape index (κ1) is 28.7. The zero-order valence-corrected chi connectivity index (χ0v) is 25.2. The summed E-state index contributed by atoms with van der Waals surface area (Å²) in [6.45, 7) is 1.98. The van der Waals surface area contributed by atoms with Gasteiger partial charge in [-0.3, -0.25) is 0 Å². The van der Waals surface area contributed by atoms with Gasteiger partial charge in [0.15, 0.2) is 0 Å². The van der Waals surface area contributed by atoms with E-state index in [-0.39, 0.29) is 29.2 Å². The van der Waals surface area contributed by atoms with Crippen molar-refractivity contribution in [1.82, 2.24) is 30.6 Å². The molecule has 3 saturated heterocycles. The first-order valence-electron chi connectivity index (χ1n) is 15.6. The lowest BCUT2D eigenvalue weighted by atomic mass is 10.0. The molecule has 0 spiro atoms. The van der Waals surface area contributed by atoms with Crippen LogP contribution >= 0.6 is 11.6 Å². The van der Waals surface area contributed by atoms with E-state index in [0.717, 1.165) is 102 Å². The Bertz CT molecular complexity index is 1760. The Morgan fingerprint density at radius 3 is 1.76 bits per heavy atom. The molecule has 3 aliphatic rings. The molecule has 0 amide bonds. The highest BCUT2D eigenvalue weighted by molar-refractivity contribution is 6.32. The number of aromatic amines is 2. The van der Waals surface area contributed by atoms with Gasteiger partial charge in [-0.25, -0.2) is 9.97 Å². The highest BCUT2D eigenvalue weighted by Crippen LogP contribution is 2.49. The summed E-state index contributed by atoms with van der Waals surface area (Å²) < 4.78 is 43.3. The number of imidazole rings is 2. The van der Waals surface area contributed by atoms with Crippen molar-refractivity contribution < 1.29 is 17.9 Å². The minimum Gasteiger partial charge on any atom is -0.404 e. The highest BCUT2D eigenvalue weighted by Gasteiger charge is 2.37. The van der Waals surface area contributed by atoms with E-state index in [0.29, 0.717) is 0 Å². The molecular weight excluding hydrogens is 603 g/mol. The molecule has 5 heterocycles. The van der Waals surface area contributed by atoms with Crippen LogP contribution in [0.2, 0.25) is 5.02 Å². The van der Waals surface area contributed by atoms with Crippen molar-refractivity contribution in [3.8, 4) is 5.75 Å². The Hall–Kier alpha value is -3.80. The van der Waals surface area contributed by atoms with E-state index < -0.39 is 12.1 Å². The Morgan fingerprint density at radius 2 is 1.29 bits per heavy atom. The maximum atomic E-state index is 13.0. The molecule has 4 atom stereocenters. The van der Waals surface area contributed by atoms with Gasteiger partial charge in [-0.2, -0.15) is 0 Å². The Kier molecular flexibility index (Phi) is 7.15. The van der Waals surface area contributed by atoms with Crippen LogP contribution in [0.1, 0.15) is 85.5 Å². The van der Waals surface area contributed by atoms with Gasteiger partial charge in [0, 0.05) is 5.69 Å². The fourth-order valence-electron chi connectivity index (χ4n) is 7.36. The molecule has 0 bridgehead atoms. The Morgan fingerprint density at radius 1 is 0.733 bits per heavy atom. The van der Waals surface area contributed by atoms with Crippen LogP contribution in [0.3, 0.4) is 0 Å². The topological polar surface area (TPSA) is 93.9 Å². The lowest BCUT2D eigenvalue weighted by Gasteiger charge is -2.33. The molecule has 3 aliphatic heterocycles. The summed E-state index contributed by atoms with van der Waals surface area (Å²) >= 11 is 6.40. The first-order chi connectivity index (χ1) is 21.8. The number of alkyl halides is 3. The molecule has 2 aromatic heterocycles. The SMILES string of the molecule is FC(F)(F)Oc1ccc(N2[C@@H](c3ccc4nc([C@@H]5CCCN5)[nH]c4c3)CC[C@@H]2c2ccc3nc([C@@H]4CCCN4)[nH]c3c2)cc1Cl. The Balaban J connectivity index is 1.17. The molecule has 5 aromatic rings. The summed E-state index contributed by atoms with van der Waals surface area (Å²) in [6, 6.07) is 17.5. The molecule has 45 heavy (non-hydrogen) atoms. The number of H-pyrrole nitrogens is 2. The number of hydrogen-bond acceptors (Lipinski definition) is 6. The second-order valence-corrected chi connectivity index (χ2v) is 12.7. The number of benzene rings is 3. The summed E-state index contributed by atoms with van der Waals surface area (Å²) in [4.78, 5) is 19.0. The summed E-state index contributed by atoms with van der Waals surface area (Å²) in [6.07, 6.45) is 1.23. The number of aromatic nitrogens is 4. The van der Waals surface area contributed by atoms with Crippen LogP contribution in [0.4, 0.5) is 18.9 Å². The molecule has 4 N–H and O–H groups in total. The molecule has 0 aliphatic carbocycles. The third-order valence-corrected chi connectivity index (χ3v) is 9.72. The largest absolute Gasteiger partial charge is 0.573 e. The first-order valence-corrected chi connectivity index (χ1v) is 16.0. The second-order valence-electron chi connectivity index (χ2n) is 12.3. The number of hydrogen-bond donors (Lipinski definition) is 4. The summed E-state index contributed by atoms with van der Waals surface area (Å²) in [5.41, 5.74) is 6.70. The lowest BCUT2D eigenvalue weighted by Crippen LogP contribution is -2.26. The summed E-state index contributed by atoms with van der Waals surface area (Å²) in [5, 5.41) is 6.92. The van der Waals surface area contributed by atoms with Crippen molar-refractivity contribution in [3.63, 3.8) is 0 Å². The number of rotatable bonds is 6. The minimum absolute atomic E-state index is 0.0445. The van der Waals surface area contributed by atoms with Gasteiger partial charge in [0.1, 0.15) is 17.4 Å². The fraction of sp³-hybridized carbons (Fsp3) is 0.394. The molecule has 8 rings (SSSR count). The van der Waals surface area contributed by atoms with Gasteiger partial charge in [0.05, 0.1) is 51.3 Å². The average Bonchev–Trinajstić information content (AvgIpc) is 3.85. The molecule has 3 aromatic carbocycles. The summed E-state index contributed by atoms with van der Waals surface area (Å²) in [5.74, 6) is 1.49. The number of anilines is 1. The molecular formula is C33H33ClF3N7O. The van der Waals surface area contributed by atoms with Gasteiger partial charge in [-0.1, -0.05) is 23.7 Å². The van der Waals surface area contributed by atoms with E-state index in [1.54, 1.807) is 12.1 Å². The molecule has 0 saturated carbocycles. The van der Waals surface area contributed by atoms with E-state index >= 15 is 0 Å². The fourth-order valence-corrected chi connectivity index (χ4v) is 7.57. The van der Waals surface area contributed by atoms with Crippen molar-refractivity contribution in [1.29, 1.82) is 0 Å². The Labute approximate surface area is 262 Å². The molecule has 234 valence electrons. The van der Waals surface area contributed by atoms with Gasteiger partial charge in [-0.05, 0) is 105 Å². The van der Waals surface area contributed by atoms with Gasteiger partial charge < -0.3 is 30.2 Å². The molecule has 3 fully saturated rings. The predicted molar refractivity (Wildman–Crippen MR) is 167 cm³/mol. The van der Waals surface area contributed by atoms with Crippen LogP contribution in [0.15, 0.2) is 54.6 Å². The second kappa shape index (κ2) is 11.2. The van der Waals surface area contributed by atoms with Crippen molar-refractivity contribution in [3.05, 3.63) is 82.4 Å². The van der Waals surface area contributed by atoms with Crippen LogP contribution in [-0.4, -0.2) is 39.4 Å². The van der Waals surface area contributed by atoms with Gasteiger partial charge in [0.25, 0.3) is 0 Å². The zero-order valence-electron chi connectivity index (χ0n) is 24.4. The molecule has 12 heteroatoms. The van der Waals surface area contributed by atoms with E-state index in [2.05, 4.69) is 54.5 Å². The van der Waals surface area contributed by atoms with E-state index in [1.165, 1.54) is 6.07 Å². The standard InChI is InChI=1S/C33H33ClF3N7O/c34-21-17-20(7-12-30(21)45-33(35,36)37)44-28(18-5-8-22-26(15-18)42-31(40-22)24-3-1-13-38-24)10-11-29(44)19-6-9-23-27(16-19)43-32(41-23)25-4-2-14-39-25/h5-9,12,15-17,24-25,28-29,38-39H,1-4,10-11,13-14H2,(H,40,42)(H,41,43)/t24-,25-,28+,29+/m0/s1. The quantitative estimate of drug-likeness (QED) is 0.151. The van der Waals surface area contributed by atoms with Gasteiger partial charge in [0.2, 0.25) is 0 Å². The average molecular weight is 636 g/mol.